The van der Waals surface area contributed by atoms with Crippen LogP contribution in [0.15, 0.2) is 30.5 Å². The molecule has 2 N–H and O–H groups in total. The molecule has 1 aliphatic heterocycles. The Labute approximate surface area is 148 Å². The van der Waals surface area contributed by atoms with Crippen LogP contribution in [0.2, 0.25) is 0 Å². The number of nitrogens with one attached hydrogen (secondary N) is 1. The number of carbonyl (C=O) groups excluding carboxylic acids is 1. The maximum absolute atomic E-state index is 12.5. The van der Waals surface area contributed by atoms with E-state index in [1.807, 2.05) is 24.3 Å². The Morgan fingerprint density at radius 3 is 2.56 bits per heavy atom. The van der Waals surface area contributed by atoms with Crippen LogP contribution in [0, 0.1) is 0 Å². The summed E-state index contributed by atoms with van der Waals surface area (Å²) in [7, 11) is 1.59. The number of benzene rings is 1. The largest absolute Gasteiger partial charge is 0.497 e. The minimum absolute atomic E-state index is 0.248. The number of thiazole rings is 1. The Morgan fingerprint density at radius 1 is 1.28 bits per heavy atom. The highest BCUT2D eigenvalue weighted by atomic mass is 32.1. The van der Waals surface area contributed by atoms with Crippen LogP contribution < -0.4 is 10.1 Å². The third kappa shape index (κ3) is 3.64. The van der Waals surface area contributed by atoms with Crippen LogP contribution in [0.3, 0.4) is 0 Å². The van der Waals surface area contributed by atoms with Gasteiger partial charge in [0.2, 0.25) is 0 Å². The molecule has 0 spiro atoms. The molecule has 0 radical (unpaired) electrons. The lowest BCUT2D eigenvalue weighted by Gasteiger charge is -2.33. The minimum Gasteiger partial charge on any atom is -0.497 e. The predicted molar refractivity (Wildman–Crippen MR) is 92.0 cm³/mol. The van der Waals surface area contributed by atoms with Crippen molar-refractivity contribution in [1.82, 2.24) is 10.3 Å². The van der Waals surface area contributed by atoms with E-state index in [1.165, 1.54) is 17.5 Å². The van der Waals surface area contributed by atoms with E-state index in [2.05, 4.69) is 10.3 Å². The summed E-state index contributed by atoms with van der Waals surface area (Å²) < 4.78 is 10.3. The fourth-order valence-corrected chi connectivity index (χ4v) is 3.45. The average molecular weight is 362 g/mol. The Morgan fingerprint density at radius 2 is 1.96 bits per heavy atom. The van der Waals surface area contributed by atoms with Gasteiger partial charge in [0.1, 0.15) is 21.2 Å². The van der Waals surface area contributed by atoms with Gasteiger partial charge < -0.3 is 19.9 Å². The van der Waals surface area contributed by atoms with Crippen molar-refractivity contribution in [3.8, 4) is 16.3 Å². The van der Waals surface area contributed by atoms with Crippen LogP contribution in [-0.4, -0.2) is 47.8 Å². The van der Waals surface area contributed by atoms with Gasteiger partial charge in [0.05, 0.1) is 13.3 Å². The van der Waals surface area contributed by atoms with Crippen molar-refractivity contribution in [2.75, 3.05) is 20.3 Å². The molecule has 7 nitrogen and oxygen atoms in total. The molecule has 1 aromatic heterocycles. The molecule has 0 aliphatic carbocycles. The van der Waals surface area contributed by atoms with Crippen molar-refractivity contribution in [2.45, 2.75) is 18.4 Å². The molecule has 132 valence electrons. The molecular weight excluding hydrogens is 344 g/mol. The second-order valence-electron chi connectivity index (χ2n) is 5.71. The van der Waals surface area contributed by atoms with Crippen LogP contribution in [0.4, 0.5) is 0 Å². The highest BCUT2D eigenvalue weighted by molar-refractivity contribution is 7.16. The van der Waals surface area contributed by atoms with Crippen molar-refractivity contribution in [1.29, 1.82) is 0 Å². The lowest BCUT2D eigenvalue weighted by Crippen LogP contribution is -2.57. The molecule has 0 atom stereocenters. The summed E-state index contributed by atoms with van der Waals surface area (Å²) in [6.07, 6.45) is 1.96. The molecule has 0 unspecified atom stereocenters. The summed E-state index contributed by atoms with van der Waals surface area (Å²) in [4.78, 5) is 28.8. The zero-order chi connectivity index (χ0) is 17.9. The first-order chi connectivity index (χ1) is 12.0. The minimum atomic E-state index is -1.28. The third-order valence-electron chi connectivity index (χ3n) is 4.17. The lowest BCUT2D eigenvalue weighted by atomic mass is 9.90. The van der Waals surface area contributed by atoms with E-state index < -0.39 is 17.4 Å². The van der Waals surface area contributed by atoms with Gasteiger partial charge >= 0.3 is 5.97 Å². The molecule has 1 saturated heterocycles. The van der Waals surface area contributed by atoms with Gasteiger partial charge in [-0.15, -0.1) is 11.3 Å². The molecule has 3 rings (SSSR count). The number of nitrogens with zero attached hydrogens (tertiary/aromatic N) is 1. The SMILES string of the molecule is COc1ccc(-c2ncc(C(=O)NC3(C(=O)O)CCOCC3)s2)cc1. The smallest absolute Gasteiger partial charge is 0.329 e. The molecule has 8 heteroatoms. The van der Waals surface area contributed by atoms with Crippen molar-refractivity contribution in [3.05, 3.63) is 35.3 Å². The summed E-state index contributed by atoms with van der Waals surface area (Å²) in [6, 6.07) is 7.35. The van der Waals surface area contributed by atoms with E-state index in [0.717, 1.165) is 11.3 Å². The highest BCUT2D eigenvalue weighted by Gasteiger charge is 2.42. The summed E-state index contributed by atoms with van der Waals surface area (Å²) in [5.41, 5.74) is -0.413. The quantitative estimate of drug-likeness (QED) is 0.846. The van der Waals surface area contributed by atoms with Gasteiger partial charge in [-0.25, -0.2) is 9.78 Å². The number of aliphatic carboxylic acids is 1. The van der Waals surface area contributed by atoms with Crippen LogP contribution in [-0.2, 0) is 9.53 Å². The van der Waals surface area contributed by atoms with E-state index >= 15 is 0 Å². The maximum Gasteiger partial charge on any atom is 0.329 e. The second-order valence-corrected chi connectivity index (χ2v) is 6.74. The zero-order valence-corrected chi connectivity index (χ0v) is 14.5. The highest BCUT2D eigenvalue weighted by Crippen LogP contribution is 2.28. The Balaban J connectivity index is 1.76. The number of rotatable bonds is 5. The molecule has 0 bridgehead atoms. The molecule has 1 fully saturated rings. The van der Waals surface area contributed by atoms with Gasteiger partial charge in [0, 0.05) is 31.6 Å². The molecule has 1 aliphatic rings. The van der Waals surface area contributed by atoms with Gasteiger partial charge in [-0.2, -0.15) is 0 Å². The number of amides is 1. The number of aromatic nitrogens is 1. The standard InChI is InChI=1S/C17H18N2O5S/c1-23-12-4-2-11(3-5-12)15-18-10-13(25-15)14(20)19-17(16(21)22)6-8-24-9-7-17/h2-5,10H,6-9H2,1H3,(H,19,20)(H,21,22). The van der Waals surface area contributed by atoms with Crippen molar-refractivity contribution in [3.63, 3.8) is 0 Å². The molecule has 25 heavy (non-hydrogen) atoms. The van der Waals surface area contributed by atoms with E-state index in [4.69, 9.17) is 9.47 Å². The zero-order valence-electron chi connectivity index (χ0n) is 13.7. The molecule has 0 saturated carbocycles. The summed E-state index contributed by atoms with van der Waals surface area (Å²) in [5, 5.41) is 12.9. The van der Waals surface area contributed by atoms with Gasteiger partial charge in [-0.05, 0) is 24.3 Å². The molecular formula is C17H18N2O5S. The van der Waals surface area contributed by atoms with Gasteiger partial charge in [0.25, 0.3) is 5.91 Å². The van der Waals surface area contributed by atoms with Crippen LogP contribution in [0.5, 0.6) is 5.75 Å². The Hall–Kier alpha value is -2.45. The Kier molecular flexibility index (Phi) is 5.00. The van der Waals surface area contributed by atoms with Gasteiger partial charge in [-0.3, -0.25) is 4.79 Å². The Bertz CT molecular complexity index is 766. The molecule has 2 aromatic rings. The van der Waals surface area contributed by atoms with E-state index in [1.54, 1.807) is 7.11 Å². The number of hydrogen-bond acceptors (Lipinski definition) is 6. The molecule has 1 aromatic carbocycles. The van der Waals surface area contributed by atoms with Gasteiger partial charge in [-0.1, -0.05) is 0 Å². The van der Waals surface area contributed by atoms with Crippen molar-refractivity contribution >= 4 is 23.2 Å². The van der Waals surface area contributed by atoms with Crippen LogP contribution >= 0.6 is 11.3 Å². The average Bonchev–Trinajstić information content (AvgIpc) is 3.13. The number of carboxylic acid groups (broad SMARTS) is 1. The number of methoxy groups -OCH3 is 1. The number of carboxylic acids is 1. The van der Waals surface area contributed by atoms with Crippen LogP contribution in [0.25, 0.3) is 10.6 Å². The van der Waals surface area contributed by atoms with Crippen molar-refractivity contribution < 1.29 is 24.2 Å². The maximum atomic E-state index is 12.5. The van der Waals surface area contributed by atoms with Gasteiger partial charge in [0.15, 0.2) is 0 Å². The van der Waals surface area contributed by atoms with E-state index in [-0.39, 0.29) is 12.8 Å². The monoisotopic (exact) mass is 362 g/mol. The topological polar surface area (TPSA) is 97.8 Å². The van der Waals surface area contributed by atoms with E-state index in [0.29, 0.717) is 23.1 Å². The lowest BCUT2D eigenvalue weighted by molar-refractivity contribution is -0.148. The number of hydrogen-bond donors (Lipinski definition) is 2. The fraction of sp³-hybridized carbons (Fsp3) is 0.353. The summed E-state index contributed by atoms with van der Waals surface area (Å²) in [6.45, 7) is 0.624. The summed E-state index contributed by atoms with van der Waals surface area (Å²) >= 11 is 1.22. The number of carbonyl (C=O) groups is 2. The van der Waals surface area contributed by atoms with Crippen molar-refractivity contribution in [2.24, 2.45) is 0 Å². The first-order valence-corrected chi connectivity index (χ1v) is 8.60. The summed E-state index contributed by atoms with van der Waals surface area (Å²) in [5.74, 6) is -0.730. The predicted octanol–water partition coefficient (Wildman–Crippen LogP) is 2.18. The second kappa shape index (κ2) is 7.20. The first kappa shape index (κ1) is 17.4. The molecule has 1 amide bonds. The third-order valence-corrected chi connectivity index (χ3v) is 5.22. The first-order valence-electron chi connectivity index (χ1n) is 7.78. The van der Waals surface area contributed by atoms with E-state index in [9.17, 15) is 14.7 Å². The van der Waals surface area contributed by atoms with Crippen LogP contribution in [0.1, 0.15) is 22.5 Å². The normalized spacial score (nSPS) is 16.2. The molecule has 2 heterocycles. The fourth-order valence-electron chi connectivity index (χ4n) is 2.64. The number of ether oxygens (including phenoxy) is 2.